The van der Waals surface area contributed by atoms with Crippen molar-refractivity contribution in [1.29, 1.82) is 0 Å². The third kappa shape index (κ3) is 5.52. The normalized spacial score (nSPS) is 10.7. The summed E-state index contributed by atoms with van der Waals surface area (Å²) >= 11 is 12.2. The molecule has 0 spiro atoms. The van der Waals surface area contributed by atoms with Gasteiger partial charge in [-0.1, -0.05) is 41.4 Å². The van der Waals surface area contributed by atoms with Gasteiger partial charge in [0.05, 0.1) is 11.6 Å². The van der Waals surface area contributed by atoms with Crippen LogP contribution in [0, 0.1) is 11.6 Å². The largest absolute Gasteiger partial charge is 0.490 e. The Kier molecular flexibility index (Phi) is 7.18. The Morgan fingerprint density at radius 3 is 2.31 bits per heavy atom. The van der Waals surface area contributed by atoms with E-state index < -0.39 is 5.82 Å². The molecule has 29 heavy (non-hydrogen) atoms. The molecule has 1 N–H and O–H groups in total. The fourth-order valence-electron chi connectivity index (χ4n) is 2.67. The summed E-state index contributed by atoms with van der Waals surface area (Å²) in [5.74, 6) is 0.108. The molecule has 3 aromatic rings. The maximum absolute atomic E-state index is 13.8. The van der Waals surface area contributed by atoms with Crippen molar-refractivity contribution in [3.63, 3.8) is 0 Å². The number of rotatable bonds is 8. The molecule has 0 aromatic heterocycles. The lowest BCUT2D eigenvalue weighted by molar-refractivity contribution is 0.265. The molecule has 3 aromatic carbocycles. The van der Waals surface area contributed by atoms with Gasteiger partial charge in [0.1, 0.15) is 18.2 Å². The molecular weight excluding hydrogens is 419 g/mol. The highest BCUT2D eigenvalue weighted by Crippen LogP contribution is 2.35. The second kappa shape index (κ2) is 9.81. The van der Waals surface area contributed by atoms with E-state index >= 15 is 0 Å². The molecule has 0 amide bonds. The van der Waals surface area contributed by atoms with Crippen molar-refractivity contribution in [2.45, 2.75) is 20.1 Å². The van der Waals surface area contributed by atoms with Crippen LogP contribution in [-0.4, -0.2) is 6.61 Å². The zero-order valence-electron chi connectivity index (χ0n) is 15.6. The molecule has 0 fully saturated rings. The first-order valence-corrected chi connectivity index (χ1v) is 9.74. The first kappa shape index (κ1) is 21.2. The van der Waals surface area contributed by atoms with Crippen LogP contribution in [0.15, 0.2) is 54.6 Å². The Bertz CT molecular complexity index is 999. The van der Waals surface area contributed by atoms with Gasteiger partial charge in [0.2, 0.25) is 0 Å². The smallest absolute Gasteiger partial charge is 0.163 e. The number of ether oxygens (including phenoxy) is 2. The molecule has 3 rings (SSSR count). The Hall–Kier alpha value is -2.50. The van der Waals surface area contributed by atoms with E-state index in [1.807, 2.05) is 6.92 Å². The first-order chi connectivity index (χ1) is 14.0. The van der Waals surface area contributed by atoms with Gasteiger partial charge in [0.25, 0.3) is 0 Å². The lowest BCUT2D eigenvalue weighted by Crippen LogP contribution is -2.04. The fourth-order valence-corrected chi connectivity index (χ4v) is 3.07. The molecule has 0 aliphatic rings. The Morgan fingerprint density at radius 1 is 0.828 bits per heavy atom. The lowest BCUT2D eigenvalue weighted by Gasteiger charge is -2.16. The minimum absolute atomic E-state index is 0.0352. The van der Waals surface area contributed by atoms with Crippen molar-refractivity contribution in [3.05, 3.63) is 87.4 Å². The van der Waals surface area contributed by atoms with E-state index in [0.29, 0.717) is 40.9 Å². The topological polar surface area (TPSA) is 30.5 Å². The van der Waals surface area contributed by atoms with Crippen LogP contribution in [-0.2, 0) is 13.2 Å². The number of nitrogens with one attached hydrogen (secondary N) is 1. The highest BCUT2D eigenvalue weighted by molar-refractivity contribution is 6.31. The Labute approximate surface area is 178 Å². The van der Waals surface area contributed by atoms with Gasteiger partial charge >= 0.3 is 0 Å². The summed E-state index contributed by atoms with van der Waals surface area (Å²) in [6.07, 6.45) is 0. The van der Waals surface area contributed by atoms with E-state index in [1.54, 1.807) is 36.4 Å². The van der Waals surface area contributed by atoms with E-state index in [2.05, 4.69) is 5.32 Å². The van der Waals surface area contributed by atoms with Crippen molar-refractivity contribution >= 4 is 28.9 Å². The molecule has 152 valence electrons. The molecule has 0 bridgehead atoms. The van der Waals surface area contributed by atoms with E-state index in [4.69, 9.17) is 32.7 Å². The molecule has 0 atom stereocenters. The van der Waals surface area contributed by atoms with Gasteiger partial charge in [0.15, 0.2) is 11.5 Å². The summed E-state index contributed by atoms with van der Waals surface area (Å²) in [4.78, 5) is 0. The van der Waals surface area contributed by atoms with Crippen LogP contribution in [0.5, 0.6) is 11.5 Å². The zero-order valence-corrected chi connectivity index (χ0v) is 17.2. The van der Waals surface area contributed by atoms with Crippen molar-refractivity contribution in [3.8, 4) is 11.5 Å². The number of hydrogen-bond donors (Lipinski definition) is 1. The predicted molar refractivity (Wildman–Crippen MR) is 112 cm³/mol. The second-order valence-electron chi connectivity index (χ2n) is 6.19. The van der Waals surface area contributed by atoms with Crippen molar-refractivity contribution in [2.75, 3.05) is 11.9 Å². The minimum atomic E-state index is -0.481. The highest BCUT2D eigenvalue weighted by Gasteiger charge is 2.13. The third-order valence-corrected chi connectivity index (χ3v) is 4.80. The molecule has 0 radical (unpaired) electrons. The molecule has 0 saturated heterocycles. The SMILES string of the molecule is CCOc1cc(CNc2ccc(F)c(Cl)c2)c(Cl)cc1OCc1ccccc1F. The standard InChI is InChI=1S/C22H19Cl2F2NO2/c1-2-28-21-9-15(12-27-16-7-8-20(26)18(24)10-16)17(23)11-22(21)29-13-14-5-3-4-6-19(14)25/h3-11,27H,2,12-13H2,1H3. The maximum atomic E-state index is 13.8. The summed E-state index contributed by atoms with van der Waals surface area (Å²) in [5.41, 5.74) is 1.85. The van der Waals surface area contributed by atoms with Gasteiger partial charge in [-0.3, -0.25) is 0 Å². The molecule has 0 aliphatic carbocycles. The quantitative estimate of drug-likeness (QED) is 0.417. The molecular formula is C22H19Cl2F2NO2. The molecule has 0 aliphatic heterocycles. The van der Waals surface area contributed by atoms with E-state index in [1.165, 1.54) is 18.2 Å². The van der Waals surface area contributed by atoms with Crippen LogP contribution in [0.1, 0.15) is 18.1 Å². The molecule has 0 saturated carbocycles. The summed E-state index contributed by atoms with van der Waals surface area (Å²) < 4.78 is 38.5. The zero-order chi connectivity index (χ0) is 20.8. The second-order valence-corrected chi connectivity index (χ2v) is 7.00. The van der Waals surface area contributed by atoms with E-state index in [9.17, 15) is 8.78 Å². The van der Waals surface area contributed by atoms with Gasteiger partial charge in [-0.2, -0.15) is 0 Å². The minimum Gasteiger partial charge on any atom is -0.490 e. The van der Waals surface area contributed by atoms with Crippen LogP contribution in [0.3, 0.4) is 0 Å². The summed E-state index contributed by atoms with van der Waals surface area (Å²) in [7, 11) is 0. The maximum Gasteiger partial charge on any atom is 0.163 e. The van der Waals surface area contributed by atoms with Crippen molar-refractivity contribution in [2.24, 2.45) is 0 Å². The average molecular weight is 438 g/mol. The molecule has 0 unspecified atom stereocenters. The first-order valence-electron chi connectivity index (χ1n) is 8.98. The van der Waals surface area contributed by atoms with Crippen molar-refractivity contribution < 1.29 is 18.3 Å². The summed E-state index contributed by atoms with van der Waals surface area (Å²) in [5, 5.41) is 3.63. The number of halogens is 4. The van der Waals surface area contributed by atoms with Gasteiger partial charge in [-0.25, -0.2) is 8.78 Å². The predicted octanol–water partition coefficient (Wildman–Crippen LogP) is 6.86. The average Bonchev–Trinajstić information content (AvgIpc) is 2.70. The van der Waals surface area contributed by atoms with Gasteiger partial charge in [-0.15, -0.1) is 0 Å². The summed E-state index contributed by atoms with van der Waals surface area (Å²) in [6, 6.07) is 14.2. The Balaban J connectivity index is 1.76. The van der Waals surface area contributed by atoms with Crippen LogP contribution in [0.25, 0.3) is 0 Å². The highest BCUT2D eigenvalue weighted by atomic mass is 35.5. The van der Waals surface area contributed by atoms with Crippen LogP contribution >= 0.6 is 23.2 Å². The van der Waals surface area contributed by atoms with Gasteiger partial charge in [-0.05, 0) is 42.8 Å². The summed E-state index contributed by atoms with van der Waals surface area (Å²) in [6.45, 7) is 2.70. The van der Waals surface area contributed by atoms with Crippen molar-refractivity contribution in [1.82, 2.24) is 0 Å². The molecule has 0 heterocycles. The van der Waals surface area contributed by atoms with Crippen LogP contribution in [0.4, 0.5) is 14.5 Å². The number of hydrogen-bond acceptors (Lipinski definition) is 3. The lowest BCUT2D eigenvalue weighted by atomic mass is 10.2. The molecule has 3 nitrogen and oxygen atoms in total. The fraction of sp³-hybridized carbons (Fsp3) is 0.182. The van der Waals surface area contributed by atoms with E-state index in [0.717, 1.165) is 5.56 Å². The van der Waals surface area contributed by atoms with Gasteiger partial charge < -0.3 is 14.8 Å². The molecule has 7 heteroatoms. The monoisotopic (exact) mass is 437 g/mol. The third-order valence-electron chi connectivity index (χ3n) is 4.16. The Morgan fingerprint density at radius 2 is 1.59 bits per heavy atom. The number of benzene rings is 3. The van der Waals surface area contributed by atoms with Crippen LogP contribution in [0.2, 0.25) is 10.0 Å². The number of anilines is 1. The van der Waals surface area contributed by atoms with Crippen LogP contribution < -0.4 is 14.8 Å². The van der Waals surface area contributed by atoms with Gasteiger partial charge in [0, 0.05) is 28.9 Å². The van der Waals surface area contributed by atoms with E-state index in [-0.39, 0.29) is 17.4 Å².